The van der Waals surface area contributed by atoms with Gasteiger partial charge >= 0.3 is 0 Å². The maximum atomic E-state index is 13.4. The number of anilines is 1. The van der Waals surface area contributed by atoms with Crippen LogP contribution in [0.2, 0.25) is 0 Å². The number of benzene rings is 1. The normalized spacial score (nSPS) is 10.0. The summed E-state index contributed by atoms with van der Waals surface area (Å²) in [6.45, 7) is 4.45. The van der Waals surface area contributed by atoms with Crippen LogP contribution in [0.1, 0.15) is 19.4 Å². The number of amides is 1. The molecule has 16 heavy (non-hydrogen) atoms. The SMILES string of the molecule is CC(=O)Nc1cc(SC(C)=O)c(C)cc1F. The molecular weight excluding hydrogens is 229 g/mol. The van der Waals surface area contributed by atoms with E-state index in [9.17, 15) is 14.0 Å². The molecule has 1 aromatic rings. The zero-order chi connectivity index (χ0) is 12.3. The van der Waals surface area contributed by atoms with Crippen molar-refractivity contribution in [3.05, 3.63) is 23.5 Å². The van der Waals surface area contributed by atoms with E-state index in [0.717, 1.165) is 11.8 Å². The third-order valence-electron chi connectivity index (χ3n) is 1.83. The van der Waals surface area contributed by atoms with Crippen LogP contribution in [0.4, 0.5) is 10.1 Å². The first-order chi connectivity index (χ1) is 7.40. The fourth-order valence-electron chi connectivity index (χ4n) is 1.20. The van der Waals surface area contributed by atoms with Gasteiger partial charge in [0.25, 0.3) is 0 Å². The van der Waals surface area contributed by atoms with Gasteiger partial charge in [0.05, 0.1) is 5.69 Å². The Labute approximate surface area is 97.4 Å². The van der Waals surface area contributed by atoms with Crippen molar-refractivity contribution in [2.75, 3.05) is 5.32 Å². The molecule has 0 aliphatic rings. The third kappa shape index (κ3) is 3.34. The van der Waals surface area contributed by atoms with E-state index in [1.54, 1.807) is 6.92 Å². The van der Waals surface area contributed by atoms with Crippen LogP contribution in [-0.4, -0.2) is 11.0 Å². The number of carbonyl (C=O) groups is 2. The van der Waals surface area contributed by atoms with Crippen LogP contribution in [0.15, 0.2) is 17.0 Å². The molecule has 0 bridgehead atoms. The number of thioether (sulfide) groups is 1. The maximum absolute atomic E-state index is 13.4. The summed E-state index contributed by atoms with van der Waals surface area (Å²) < 4.78 is 13.4. The first-order valence-electron chi connectivity index (χ1n) is 4.66. The van der Waals surface area contributed by atoms with E-state index in [4.69, 9.17) is 0 Å². The van der Waals surface area contributed by atoms with Gasteiger partial charge in [-0.25, -0.2) is 4.39 Å². The summed E-state index contributed by atoms with van der Waals surface area (Å²) in [5, 5.41) is 2.30. The van der Waals surface area contributed by atoms with Crippen molar-refractivity contribution in [2.45, 2.75) is 25.7 Å². The van der Waals surface area contributed by atoms with Gasteiger partial charge in [-0.3, -0.25) is 9.59 Å². The lowest BCUT2D eigenvalue weighted by Gasteiger charge is -2.08. The van der Waals surface area contributed by atoms with Gasteiger partial charge < -0.3 is 5.32 Å². The lowest BCUT2D eigenvalue weighted by Crippen LogP contribution is -2.08. The van der Waals surface area contributed by atoms with Crippen LogP contribution < -0.4 is 5.32 Å². The fourth-order valence-corrected chi connectivity index (χ4v) is 1.91. The molecule has 0 unspecified atom stereocenters. The van der Waals surface area contributed by atoms with Gasteiger partial charge in [0.15, 0.2) is 5.12 Å². The van der Waals surface area contributed by atoms with Crippen molar-refractivity contribution in [1.82, 2.24) is 0 Å². The van der Waals surface area contributed by atoms with Gasteiger partial charge in [0, 0.05) is 18.7 Å². The molecule has 0 aromatic heterocycles. The van der Waals surface area contributed by atoms with Gasteiger partial charge in [0.1, 0.15) is 5.82 Å². The number of aryl methyl sites for hydroxylation is 1. The summed E-state index contributed by atoms with van der Waals surface area (Å²) in [5.74, 6) is -0.845. The first kappa shape index (κ1) is 12.7. The molecule has 0 spiro atoms. The molecule has 1 amide bonds. The molecule has 0 heterocycles. The van der Waals surface area contributed by atoms with E-state index in [-0.39, 0.29) is 16.7 Å². The highest BCUT2D eigenvalue weighted by atomic mass is 32.2. The van der Waals surface area contributed by atoms with Gasteiger partial charge in [-0.15, -0.1) is 0 Å². The van der Waals surface area contributed by atoms with E-state index in [1.165, 1.54) is 26.0 Å². The molecule has 3 nitrogen and oxygen atoms in total. The minimum atomic E-state index is -0.499. The number of carbonyl (C=O) groups excluding carboxylic acids is 2. The Kier molecular flexibility index (Phi) is 4.06. The second-order valence-corrected chi connectivity index (χ2v) is 4.59. The molecule has 86 valence electrons. The highest BCUT2D eigenvalue weighted by Crippen LogP contribution is 2.28. The minimum Gasteiger partial charge on any atom is -0.324 e. The standard InChI is InChI=1S/C11H12FNO2S/c1-6-4-9(12)10(13-7(2)14)5-11(6)16-8(3)15/h4-5H,1-3H3,(H,13,14). The summed E-state index contributed by atoms with van der Waals surface area (Å²) in [5.41, 5.74) is 0.772. The molecule has 0 aliphatic carbocycles. The Balaban J connectivity index is 3.10. The Morgan fingerprint density at radius 2 is 1.94 bits per heavy atom. The van der Waals surface area contributed by atoms with Crippen molar-refractivity contribution in [3.8, 4) is 0 Å². The predicted octanol–water partition coefficient (Wildman–Crippen LogP) is 2.73. The Hall–Kier alpha value is -1.36. The van der Waals surface area contributed by atoms with E-state index in [2.05, 4.69) is 5.32 Å². The van der Waals surface area contributed by atoms with E-state index < -0.39 is 5.82 Å². The van der Waals surface area contributed by atoms with Crippen molar-refractivity contribution in [1.29, 1.82) is 0 Å². The molecule has 0 saturated carbocycles. The van der Waals surface area contributed by atoms with Gasteiger partial charge in [-0.05, 0) is 24.6 Å². The van der Waals surface area contributed by atoms with Crippen LogP contribution >= 0.6 is 11.8 Å². The average molecular weight is 241 g/mol. The molecule has 0 fully saturated rings. The second kappa shape index (κ2) is 5.12. The summed E-state index contributed by atoms with van der Waals surface area (Å²) in [4.78, 5) is 22.4. The van der Waals surface area contributed by atoms with Crippen LogP contribution in [0.25, 0.3) is 0 Å². The molecule has 1 rings (SSSR count). The highest BCUT2D eigenvalue weighted by Gasteiger charge is 2.10. The number of nitrogens with one attached hydrogen (secondary N) is 1. The number of rotatable bonds is 2. The molecule has 0 atom stereocenters. The second-order valence-electron chi connectivity index (χ2n) is 3.37. The number of hydrogen-bond donors (Lipinski definition) is 1. The van der Waals surface area contributed by atoms with Gasteiger partial charge in [0.2, 0.25) is 5.91 Å². The lowest BCUT2D eigenvalue weighted by molar-refractivity contribution is -0.114. The van der Waals surface area contributed by atoms with Crippen molar-refractivity contribution < 1.29 is 14.0 Å². The molecule has 1 N–H and O–H groups in total. The van der Waals surface area contributed by atoms with Crippen molar-refractivity contribution >= 4 is 28.5 Å². The summed E-state index contributed by atoms with van der Waals surface area (Å²) in [6, 6.07) is 2.77. The van der Waals surface area contributed by atoms with Crippen LogP contribution in [-0.2, 0) is 9.59 Å². The molecule has 0 radical (unpaired) electrons. The number of halogens is 1. The molecular formula is C11H12FNO2S. The molecule has 0 aliphatic heterocycles. The highest BCUT2D eigenvalue weighted by molar-refractivity contribution is 8.13. The minimum absolute atomic E-state index is 0.0801. The predicted molar refractivity (Wildman–Crippen MR) is 62.0 cm³/mol. The van der Waals surface area contributed by atoms with Gasteiger partial charge in [-0.2, -0.15) is 0 Å². The Bertz CT molecular complexity index is 409. The zero-order valence-electron chi connectivity index (χ0n) is 9.26. The smallest absolute Gasteiger partial charge is 0.221 e. The van der Waals surface area contributed by atoms with Gasteiger partial charge in [-0.1, -0.05) is 11.8 Å². The van der Waals surface area contributed by atoms with Crippen LogP contribution in [0, 0.1) is 12.7 Å². The largest absolute Gasteiger partial charge is 0.324 e. The summed E-state index contributed by atoms with van der Waals surface area (Å²) >= 11 is 1.02. The summed E-state index contributed by atoms with van der Waals surface area (Å²) in [7, 11) is 0. The average Bonchev–Trinajstić information content (AvgIpc) is 2.11. The Morgan fingerprint density at radius 1 is 1.31 bits per heavy atom. The monoisotopic (exact) mass is 241 g/mol. The molecule has 0 saturated heterocycles. The van der Waals surface area contributed by atoms with E-state index in [1.807, 2.05) is 0 Å². The summed E-state index contributed by atoms with van der Waals surface area (Å²) in [6.07, 6.45) is 0. The molecule has 5 heteroatoms. The quantitative estimate of drug-likeness (QED) is 0.810. The Morgan fingerprint density at radius 3 is 2.44 bits per heavy atom. The van der Waals surface area contributed by atoms with Crippen LogP contribution in [0.3, 0.4) is 0 Å². The third-order valence-corrected chi connectivity index (χ3v) is 2.78. The maximum Gasteiger partial charge on any atom is 0.221 e. The first-order valence-corrected chi connectivity index (χ1v) is 5.48. The van der Waals surface area contributed by atoms with Crippen molar-refractivity contribution in [2.24, 2.45) is 0 Å². The fraction of sp³-hybridized carbons (Fsp3) is 0.273. The molecule has 1 aromatic carbocycles. The zero-order valence-corrected chi connectivity index (χ0v) is 10.1. The lowest BCUT2D eigenvalue weighted by atomic mass is 10.2. The van der Waals surface area contributed by atoms with Crippen molar-refractivity contribution in [3.63, 3.8) is 0 Å². The topological polar surface area (TPSA) is 46.2 Å². The van der Waals surface area contributed by atoms with Crippen LogP contribution in [0.5, 0.6) is 0 Å². The van der Waals surface area contributed by atoms with E-state index >= 15 is 0 Å². The van der Waals surface area contributed by atoms with E-state index in [0.29, 0.717) is 10.5 Å². The number of hydrogen-bond acceptors (Lipinski definition) is 3.